The van der Waals surface area contributed by atoms with Gasteiger partial charge in [0.25, 0.3) is 0 Å². The zero-order valence-electron chi connectivity index (χ0n) is 21.4. The van der Waals surface area contributed by atoms with E-state index in [2.05, 4.69) is 0 Å². The summed E-state index contributed by atoms with van der Waals surface area (Å²) in [5.41, 5.74) is -4.90. The van der Waals surface area contributed by atoms with Gasteiger partial charge in [0.05, 0.1) is 41.7 Å². The molecule has 11 atom stereocenters. The Bertz CT molecular complexity index is 882. The van der Waals surface area contributed by atoms with E-state index in [0.717, 1.165) is 0 Å². The minimum absolute atomic E-state index is 0.0926. The van der Waals surface area contributed by atoms with Gasteiger partial charge in [0.15, 0.2) is 5.78 Å². The van der Waals surface area contributed by atoms with Crippen LogP contribution in [0.15, 0.2) is 11.6 Å². The minimum atomic E-state index is -1.55. The molecule has 200 valence electrons. The van der Waals surface area contributed by atoms with Crippen LogP contribution in [-0.2, 0) is 4.79 Å². The first-order valence-corrected chi connectivity index (χ1v) is 13.1. The fraction of sp³-hybridized carbons (Fsp3) is 0.889. The molecule has 0 spiro atoms. The van der Waals surface area contributed by atoms with Crippen molar-refractivity contribution in [2.24, 2.45) is 28.6 Å². The summed E-state index contributed by atoms with van der Waals surface area (Å²) in [4.78, 5) is 13.3. The van der Waals surface area contributed by atoms with Gasteiger partial charge in [0.2, 0.25) is 0 Å². The second-order valence-corrected chi connectivity index (χ2v) is 13.0. The molecule has 3 fully saturated rings. The minimum Gasteiger partial charge on any atom is -0.393 e. The molecule has 3 saturated carbocycles. The molecule has 8 nitrogen and oxygen atoms in total. The highest BCUT2D eigenvalue weighted by Crippen LogP contribution is 2.68. The molecule has 0 heterocycles. The number of ketones is 1. The van der Waals surface area contributed by atoms with Crippen molar-refractivity contribution in [3.8, 4) is 0 Å². The van der Waals surface area contributed by atoms with Crippen LogP contribution in [0.25, 0.3) is 0 Å². The molecule has 0 bridgehead atoms. The average Bonchev–Trinajstić information content (AvgIpc) is 3.06. The third-order valence-electron chi connectivity index (χ3n) is 10.8. The SMILES string of the molecule is C[C@@](O)(CO)CC[C@@H](O)[C@](C)(O)[C@H]1CC[C@@]2(O)C3=CC(=O)[C@@H]4C[C@@H](O)[C@@H](O)C[C@]4(C)[C@H]3CC[C@]12C. The number of allylic oxidation sites excluding steroid dienone is 1. The number of carbonyl (C=O) groups excluding carboxylic acids is 1. The first kappa shape index (κ1) is 27.2. The van der Waals surface area contributed by atoms with Crippen LogP contribution in [0, 0.1) is 28.6 Å². The van der Waals surface area contributed by atoms with Crippen LogP contribution >= 0.6 is 0 Å². The number of aliphatic hydroxyl groups is 7. The Morgan fingerprint density at radius 1 is 1.09 bits per heavy atom. The lowest BCUT2D eigenvalue weighted by Gasteiger charge is -2.60. The highest BCUT2D eigenvalue weighted by Gasteiger charge is 2.69. The first-order valence-electron chi connectivity index (χ1n) is 13.1. The van der Waals surface area contributed by atoms with E-state index in [1.807, 2.05) is 13.8 Å². The number of aliphatic hydroxyl groups excluding tert-OH is 4. The zero-order valence-corrected chi connectivity index (χ0v) is 21.4. The summed E-state index contributed by atoms with van der Waals surface area (Å²) in [7, 11) is 0. The molecule has 0 radical (unpaired) electrons. The smallest absolute Gasteiger partial charge is 0.159 e. The molecule has 4 aliphatic carbocycles. The van der Waals surface area contributed by atoms with Crippen molar-refractivity contribution in [1.29, 1.82) is 0 Å². The van der Waals surface area contributed by atoms with Gasteiger partial charge in [0, 0.05) is 11.3 Å². The van der Waals surface area contributed by atoms with Crippen molar-refractivity contribution in [3.63, 3.8) is 0 Å². The Labute approximate surface area is 207 Å². The summed E-state index contributed by atoms with van der Waals surface area (Å²) >= 11 is 0. The number of hydrogen-bond acceptors (Lipinski definition) is 8. The Balaban J connectivity index is 1.64. The topological polar surface area (TPSA) is 159 Å². The van der Waals surface area contributed by atoms with Crippen LogP contribution in [0.5, 0.6) is 0 Å². The molecular formula is C27H44O8. The Morgan fingerprint density at radius 3 is 2.37 bits per heavy atom. The van der Waals surface area contributed by atoms with Crippen LogP contribution in [0.1, 0.15) is 79.1 Å². The highest BCUT2D eigenvalue weighted by molar-refractivity contribution is 5.95. The maximum absolute atomic E-state index is 13.3. The van der Waals surface area contributed by atoms with E-state index in [1.165, 1.54) is 6.92 Å². The Hall–Kier alpha value is -0.870. The molecule has 0 aliphatic heterocycles. The summed E-state index contributed by atoms with van der Waals surface area (Å²) in [6.45, 7) is 6.54. The molecule has 7 N–H and O–H groups in total. The summed E-state index contributed by atoms with van der Waals surface area (Å²) < 4.78 is 0. The van der Waals surface area contributed by atoms with Crippen molar-refractivity contribution in [2.45, 2.75) is 114 Å². The van der Waals surface area contributed by atoms with Crippen molar-refractivity contribution in [3.05, 3.63) is 11.6 Å². The standard InChI is InChI=1S/C27H44O8/c1-23(33,14-28)8-7-22(32)26(4,34)21-6-10-27(35)16-11-18(29)17-12-19(30)20(31)13-24(17,2)15(16)5-9-25(21,27)3/h11,15,17,19-22,28,30-35H,5-10,12-14H2,1-4H3/t15-,17-,19+,20-,21-,22+,23-,24+,25+,26+,27+/m0/s1. The van der Waals surface area contributed by atoms with E-state index in [0.29, 0.717) is 37.7 Å². The number of fused-ring (bicyclic) bond motifs is 5. The van der Waals surface area contributed by atoms with Gasteiger partial charge in [-0.1, -0.05) is 13.8 Å². The first-order chi connectivity index (χ1) is 16.0. The molecule has 0 aromatic rings. The zero-order chi connectivity index (χ0) is 26.2. The molecule has 0 unspecified atom stereocenters. The monoisotopic (exact) mass is 496 g/mol. The van der Waals surface area contributed by atoms with Crippen molar-refractivity contribution >= 4 is 5.78 Å². The molecule has 0 aromatic heterocycles. The third kappa shape index (κ3) is 3.95. The van der Waals surface area contributed by atoms with Gasteiger partial charge >= 0.3 is 0 Å². The summed E-state index contributed by atoms with van der Waals surface area (Å²) in [6, 6.07) is 0. The van der Waals surface area contributed by atoms with Crippen LogP contribution in [0.3, 0.4) is 0 Å². The van der Waals surface area contributed by atoms with Crippen LogP contribution in [-0.4, -0.2) is 83.3 Å². The molecule has 0 aromatic carbocycles. The van der Waals surface area contributed by atoms with E-state index in [1.54, 1.807) is 13.0 Å². The van der Waals surface area contributed by atoms with Gasteiger partial charge in [-0.3, -0.25) is 4.79 Å². The summed E-state index contributed by atoms with van der Waals surface area (Å²) in [6.07, 6.45) is 1.37. The fourth-order valence-electron chi connectivity index (χ4n) is 8.36. The van der Waals surface area contributed by atoms with Gasteiger partial charge in [0.1, 0.15) is 0 Å². The summed E-state index contributed by atoms with van der Waals surface area (Å²) in [5.74, 6) is -1.08. The van der Waals surface area contributed by atoms with Crippen molar-refractivity contribution < 1.29 is 40.5 Å². The fourth-order valence-corrected chi connectivity index (χ4v) is 8.36. The number of rotatable bonds is 6. The highest BCUT2D eigenvalue weighted by atomic mass is 16.3. The third-order valence-corrected chi connectivity index (χ3v) is 10.8. The Morgan fingerprint density at radius 2 is 1.74 bits per heavy atom. The molecule has 0 amide bonds. The lowest BCUT2D eigenvalue weighted by molar-refractivity contribution is -0.177. The molecule has 8 heteroatoms. The second-order valence-electron chi connectivity index (χ2n) is 13.0. The normalized spacial score (nSPS) is 47.6. The van der Waals surface area contributed by atoms with Gasteiger partial charge in [-0.25, -0.2) is 0 Å². The Kier molecular flexibility index (Phi) is 6.66. The molecular weight excluding hydrogens is 452 g/mol. The second kappa shape index (κ2) is 8.58. The van der Waals surface area contributed by atoms with E-state index in [4.69, 9.17) is 0 Å². The van der Waals surface area contributed by atoms with Gasteiger partial charge in [-0.05, 0) is 94.1 Å². The lowest BCUT2D eigenvalue weighted by Crippen LogP contribution is -2.62. The van der Waals surface area contributed by atoms with E-state index < -0.39 is 64.4 Å². The predicted octanol–water partition coefficient (Wildman–Crippen LogP) is 0.826. The van der Waals surface area contributed by atoms with E-state index >= 15 is 0 Å². The van der Waals surface area contributed by atoms with Crippen LogP contribution in [0.2, 0.25) is 0 Å². The van der Waals surface area contributed by atoms with E-state index in [9.17, 15) is 40.5 Å². The van der Waals surface area contributed by atoms with Gasteiger partial charge < -0.3 is 35.7 Å². The van der Waals surface area contributed by atoms with E-state index in [-0.39, 0.29) is 31.0 Å². The largest absolute Gasteiger partial charge is 0.393 e. The predicted molar refractivity (Wildman–Crippen MR) is 128 cm³/mol. The summed E-state index contributed by atoms with van der Waals surface area (Å²) in [5, 5.41) is 74.9. The maximum atomic E-state index is 13.3. The molecule has 0 saturated heterocycles. The molecule has 4 aliphatic rings. The van der Waals surface area contributed by atoms with Crippen LogP contribution < -0.4 is 0 Å². The van der Waals surface area contributed by atoms with Crippen LogP contribution in [0.4, 0.5) is 0 Å². The number of hydrogen-bond donors (Lipinski definition) is 7. The molecule has 35 heavy (non-hydrogen) atoms. The molecule has 4 rings (SSSR count). The quantitative estimate of drug-likeness (QED) is 0.285. The average molecular weight is 497 g/mol. The number of carbonyl (C=O) groups is 1. The lowest BCUT2D eigenvalue weighted by atomic mass is 9.45. The van der Waals surface area contributed by atoms with Gasteiger partial charge in [-0.2, -0.15) is 0 Å². The maximum Gasteiger partial charge on any atom is 0.159 e. The van der Waals surface area contributed by atoms with Crippen molar-refractivity contribution in [2.75, 3.05) is 6.61 Å². The van der Waals surface area contributed by atoms with Gasteiger partial charge in [-0.15, -0.1) is 0 Å². The van der Waals surface area contributed by atoms with Crippen molar-refractivity contribution in [1.82, 2.24) is 0 Å².